The molecule has 1 aromatic carbocycles. The lowest BCUT2D eigenvalue weighted by Gasteiger charge is -2.56. The van der Waals surface area contributed by atoms with E-state index < -0.39 is 11.8 Å². The van der Waals surface area contributed by atoms with Gasteiger partial charge in [0.15, 0.2) is 0 Å². The minimum Gasteiger partial charge on any atom is -0.342 e. The molecule has 1 aromatic rings. The van der Waals surface area contributed by atoms with E-state index >= 15 is 0 Å². The Morgan fingerprint density at radius 1 is 0.885 bits per heavy atom. The zero-order valence-electron chi connectivity index (χ0n) is 15.0. The molecule has 0 saturated heterocycles. The summed E-state index contributed by atoms with van der Waals surface area (Å²) in [6.07, 6.45) is 6.90. The number of anilines is 2. The molecule has 6 nitrogen and oxygen atoms in total. The van der Waals surface area contributed by atoms with E-state index in [1.807, 2.05) is 0 Å². The molecule has 6 heteroatoms. The smallest absolute Gasteiger partial charge is 0.313 e. The highest BCUT2D eigenvalue weighted by molar-refractivity contribution is 6.39. The molecular formula is C20H25N3O3. The van der Waals surface area contributed by atoms with Crippen LogP contribution in [0, 0.1) is 17.8 Å². The molecule has 0 aromatic heterocycles. The van der Waals surface area contributed by atoms with Crippen molar-refractivity contribution in [2.75, 3.05) is 10.6 Å². The molecule has 4 fully saturated rings. The molecule has 138 valence electrons. The molecule has 3 amide bonds. The number of hydrogen-bond donors (Lipinski definition) is 3. The quantitative estimate of drug-likeness (QED) is 0.729. The van der Waals surface area contributed by atoms with Crippen LogP contribution >= 0.6 is 0 Å². The number of carbonyl (C=O) groups is 3. The molecule has 0 atom stereocenters. The summed E-state index contributed by atoms with van der Waals surface area (Å²) in [6, 6.07) is 6.78. The van der Waals surface area contributed by atoms with E-state index in [1.54, 1.807) is 24.3 Å². The first kappa shape index (κ1) is 17.1. The summed E-state index contributed by atoms with van der Waals surface area (Å²) in [6.45, 7) is 1.42. The van der Waals surface area contributed by atoms with Crippen molar-refractivity contribution in [3.05, 3.63) is 24.3 Å². The minimum absolute atomic E-state index is 0.179. The Labute approximate surface area is 153 Å². The summed E-state index contributed by atoms with van der Waals surface area (Å²) >= 11 is 0. The van der Waals surface area contributed by atoms with Crippen molar-refractivity contribution in [2.24, 2.45) is 17.8 Å². The molecule has 0 aliphatic heterocycles. The van der Waals surface area contributed by atoms with Gasteiger partial charge in [-0.25, -0.2) is 0 Å². The second-order valence-electron chi connectivity index (χ2n) is 8.37. The molecule has 5 rings (SSSR count). The van der Waals surface area contributed by atoms with Crippen LogP contribution in [0.2, 0.25) is 0 Å². The number of benzene rings is 1. The molecule has 0 heterocycles. The molecule has 0 radical (unpaired) electrons. The molecule has 0 unspecified atom stereocenters. The van der Waals surface area contributed by atoms with Crippen molar-refractivity contribution in [2.45, 2.75) is 51.0 Å². The number of carbonyl (C=O) groups excluding carboxylic acids is 3. The van der Waals surface area contributed by atoms with Crippen LogP contribution in [0.25, 0.3) is 0 Å². The van der Waals surface area contributed by atoms with Crippen molar-refractivity contribution in [1.82, 2.24) is 5.32 Å². The summed E-state index contributed by atoms with van der Waals surface area (Å²) in [7, 11) is 0. The van der Waals surface area contributed by atoms with Gasteiger partial charge in [-0.15, -0.1) is 0 Å². The molecule has 3 N–H and O–H groups in total. The normalized spacial score (nSPS) is 31.3. The van der Waals surface area contributed by atoms with Crippen LogP contribution in [0.3, 0.4) is 0 Å². The van der Waals surface area contributed by atoms with Gasteiger partial charge in [-0.2, -0.15) is 0 Å². The third kappa shape index (κ3) is 3.45. The van der Waals surface area contributed by atoms with Gasteiger partial charge in [-0.05, 0) is 74.5 Å². The SMILES string of the molecule is CC(=O)Nc1cccc(NC(=O)C(=O)NC23CC4CC(CC(C4)C2)C3)c1. The molecular weight excluding hydrogens is 330 g/mol. The Kier molecular flexibility index (Phi) is 4.21. The maximum absolute atomic E-state index is 12.5. The summed E-state index contributed by atoms with van der Waals surface area (Å²) in [5, 5.41) is 8.37. The van der Waals surface area contributed by atoms with Crippen LogP contribution in [-0.4, -0.2) is 23.3 Å². The first-order valence-electron chi connectivity index (χ1n) is 9.42. The summed E-state index contributed by atoms with van der Waals surface area (Å²) in [5.41, 5.74) is 0.889. The number of nitrogens with one attached hydrogen (secondary N) is 3. The lowest BCUT2D eigenvalue weighted by atomic mass is 9.53. The number of hydrogen-bond acceptors (Lipinski definition) is 3. The Balaban J connectivity index is 1.39. The molecule has 0 spiro atoms. The van der Waals surface area contributed by atoms with Crippen LogP contribution < -0.4 is 16.0 Å². The van der Waals surface area contributed by atoms with Crippen LogP contribution in [0.15, 0.2) is 24.3 Å². The fourth-order valence-corrected chi connectivity index (χ4v) is 5.63. The summed E-state index contributed by atoms with van der Waals surface area (Å²) < 4.78 is 0. The van der Waals surface area contributed by atoms with E-state index in [4.69, 9.17) is 0 Å². The number of rotatable bonds is 3. The van der Waals surface area contributed by atoms with Crippen molar-refractivity contribution in [3.8, 4) is 0 Å². The largest absolute Gasteiger partial charge is 0.342 e. The predicted molar refractivity (Wildman–Crippen MR) is 98.4 cm³/mol. The van der Waals surface area contributed by atoms with Gasteiger partial charge in [-0.3, -0.25) is 14.4 Å². The lowest BCUT2D eigenvalue weighted by molar-refractivity contribution is -0.139. The Bertz CT molecular complexity index is 723. The molecule has 4 aliphatic rings. The van der Waals surface area contributed by atoms with Crippen LogP contribution in [-0.2, 0) is 14.4 Å². The van der Waals surface area contributed by atoms with Gasteiger partial charge in [0.2, 0.25) is 5.91 Å². The first-order valence-corrected chi connectivity index (χ1v) is 9.42. The van der Waals surface area contributed by atoms with Crippen molar-refractivity contribution < 1.29 is 14.4 Å². The van der Waals surface area contributed by atoms with E-state index in [1.165, 1.54) is 26.2 Å². The topological polar surface area (TPSA) is 87.3 Å². The highest BCUT2D eigenvalue weighted by Crippen LogP contribution is 2.55. The Morgan fingerprint density at radius 2 is 1.42 bits per heavy atom. The maximum Gasteiger partial charge on any atom is 0.313 e. The van der Waals surface area contributed by atoms with Crippen LogP contribution in [0.1, 0.15) is 45.4 Å². The van der Waals surface area contributed by atoms with E-state index in [-0.39, 0.29) is 11.4 Å². The minimum atomic E-state index is -0.652. The standard InChI is InChI=1S/C20H25N3O3/c1-12(24)21-16-3-2-4-17(8-16)22-18(25)19(26)23-20-9-13-5-14(10-20)7-15(6-13)11-20/h2-4,8,13-15H,5-7,9-11H2,1H3,(H,21,24)(H,22,25)(H,23,26). The zero-order chi connectivity index (χ0) is 18.3. The van der Waals surface area contributed by atoms with E-state index in [2.05, 4.69) is 16.0 Å². The highest BCUT2D eigenvalue weighted by atomic mass is 16.2. The third-order valence-corrected chi connectivity index (χ3v) is 6.06. The van der Waals surface area contributed by atoms with Crippen LogP contribution in [0.4, 0.5) is 11.4 Å². The molecule has 4 saturated carbocycles. The average Bonchev–Trinajstić information content (AvgIpc) is 2.52. The van der Waals surface area contributed by atoms with Gasteiger partial charge >= 0.3 is 11.8 Å². The van der Waals surface area contributed by atoms with Gasteiger partial charge in [0.05, 0.1) is 0 Å². The van der Waals surface area contributed by atoms with E-state index in [0.29, 0.717) is 29.1 Å². The lowest BCUT2D eigenvalue weighted by Crippen LogP contribution is -2.61. The van der Waals surface area contributed by atoms with Gasteiger partial charge in [0.25, 0.3) is 0 Å². The Morgan fingerprint density at radius 3 is 1.96 bits per heavy atom. The zero-order valence-corrected chi connectivity index (χ0v) is 15.0. The predicted octanol–water partition coefficient (Wildman–Crippen LogP) is 2.67. The van der Waals surface area contributed by atoms with Gasteiger partial charge in [0, 0.05) is 23.8 Å². The van der Waals surface area contributed by atoms with Crippen molar-refractivity contribution in [3.63, 3.8) is 0 Å². The van der Waals surface area contributed by atoms with Gasteiger partial charge in [0.1, 0.15) is 0 Å². The second kappa shape index (κ2) is 6.41. The van der Waals surface area contributed by atoms with Gasteiger partial charge < -0.3 is 16.0 Å². The van der Waals surface area contributed by atoms with Crippen LogP contribution in [0.5, 0.6) is 0 Å². The summed E-state index contributed by atoms with van der Waals surface area (Å²) in [5.74, 6) is 0.725. The highest BCUT2D eigenvalue weighted by Gasteiger charge is 2.51. The fraction of sp³-hybridized carbons (Fsp3) is 0.550. The first-order chi connectivity index (χ1) is 12.4. The molecule has 4 aliphatic carbocycles. The van der Waals surface area contributed by atoms with Gasteiger partial charge in [-0.1, -0.05) is 6.07 Å². The fourth-order valence-electron chi connectivity index (χ4n) is 5.63. The molecule has 26 heavy (non-hydrogen) atoms. The second-order valence-corrected chi connectivity index (χ2v) is 8.37. The molecule has 4 bridgehead atoms. The summed E-state index contributed by atoms with van der Waals surface area (Å²) in [4.78, 5) is 36.0. The monoisotopic (exact) mass is 355 g/mol. The third-order valence-electron chi connectivity index (χ3n) is 6.06. The Hall–Kier alpha value is -2.37. The number of amides is 3. The van der Waals surface area contributed by atoms with E-state index in [9.17, 15) is 14.4 Å². The van der Waals surface area contributed by atoms with Crippen molar-refractivity contribution >= 4 is 29.1 Å². The van der Waals surface area contributed by atoms with E-state index in [0.717, 1.165) is 19.3 Å². The maximum atomic E-state index is 12.5. The average molecular weight is 355 g/mol. The van der Waals surface area contributed by atoms with Crippen molar-refractivity contribution in [1.29, 1.82) is 0 Å².